The van der Waals surface area contributed by atoms with Crippen molar-refractivity contribution in [3.8, 4) is 11.8 Å². The van der Waals surface area contributed by atoms with Gasteiger partial charge in [-0.15, -0.1) is 0 Å². The van der Waals surface area contributed by atoms with E-state index < -0.39 is 12.6 Å². The van der Waals surface area contributed by atoms with Gasteiger partial charge in [-0.05, 0) is 74.0 Å². The molecule has 0 saturated carbocycles. The maximum absolute atomic E-state index is 15.8. The van der Waals surface area contributed by atoms with E-state index in [0.29, 0.717) is 28.4 Å². The molecule has 0 N–H and O–H groups in total. The van der Waals surface area contributed by atoms with Crippen LogP contribution in [0.1, 0.15) is 40.6 Å². The minimum atomic E-state index is -4.10. The van der Waals surface area contributed by atoms with Crippen LogP contribution in [0.2, 0.25) is 0 Å². The van der Waals surface area contributed by atoms with Gasteiger partial charge in [0, 0.05) is 40.4 Å². The first-order valence-electron chi connectivity index (χ1n) is 11.7. The monoisotopic (exact) mass is 478 g/mol. The molecule has 0 atom stereocenters. The summed E-state index contributed by atoms with van der Waals surface area (Å²) in [5, 5.41) is 0.725. The molecule has 36 heavy (non-hydrogen) atoms. The van der Waals surface area contributed by atoms with Crippen molar-refractivity contribution in [2.45, 2.75) is 20.8 Å². The van der Waals surface area contributed by atoms with Crippen molar-refractivity contribution in [3.63, 3.8) is 0 Å². The normalized spacial score (nSPS) is 18.1. The highest BCUT2D eigenvalue weighted by atomic mass is 19.2. The summed E-state index contributed by atoms with van der Waals surface area (Å²) in [6.45, 7) is 1.25. The summed E-state index contributed by atoms with van der Waals surface area (Å²) in [5.74, 6) is 5.99. The van der Waals surface area contributed by atoms with Crippen LogP contribution in [0.4, 0.5) is 8.63 Å². The Labute approximate surface area is 206 Å². The van der Waals surface area contributed by atoms with Crippen molar-refractivity contribution in [2.75, 3.05) is 0 Å². The van der Waals surface area contributed by atoms with Gasteiger partial charge in [0.2, 0.25) is 0 Å². The summed E-state index contributed by atoms with van der Waals surface area (Å²) < 4.78 is 39.4. The SMILES string of the molecule is CC1=CC(/C=C/c2cc3cc4c(cc3oc2=O)C#C/C=C\C=C4)=[N+]2C1=Cc1c(C)cc(C)n1[B-]2(F)F. The highest BCUT2D eigenvalue weighted by Gasteiger charge is 2.53. The van der Waals surface area contributed by atoms with Gasteiger partial charge in [-0.25, -0.2) is 4.79 Å². The Morgan fingerprint density at radius 2 is 1.89 bits per heavy atom. The second-order valence-electron chi connectivity index (χ2n) is 9.25. The minimum absolute atomic E-state index is 0.278. The lowest BCUT2D eigenvalue weighted by molar-refractivity contribution is -0.361. The highest BCUT2D eigenvalue weighted by molar-refractivity contribution is 6.58. The number of hydrogen-bond acceptors (Lipinski definition) is 2. The van der Waals surface area contributed by atoms with Crippen LogP contribution in [-0.2, 0) is 0 Å². The van der Waals surface area contributed by atoms with Crippen molar-refractivity contribution >= 4 is 41.9 Å². The van der Waals surface area contributed by atoms with E-state index in [2.05, 4.69) is 11.8 Å². The highest BCUT2D eigenvalue weighted by Crippen LogP contribution is 2.36. The van der Waals surface area contributed by atoms with Gasteiger partial charge in [-0.1, -0.05) is 30.1 Å². The van der Waals surface area contributed by atoms with Gasteiger partial charge in [0.05, 0.1) is 5.56 Å². The predicted octanol–water partition coefficient (Wildman–Crippen LogP) is 5.85. The average Bonchev–Trinajstić information content (AvgIpc) is 3.29. The van der Waals surface area contributed by atoms with Crippen LogP contribution in [0.15, 0.2) is 75.1 Å². The van der Waals surface area contributed by atoms with Gasteiger partial charge in [-0.2, -0.15) is 0 Å². The van der Waals surface area contributed by atoms with Gasteiger partial charge >= 0.3 is 12.6 Å². The van der Waals surface area contributed by atoms with Crippen LogP contribution >= 0.6 is 0 Å². The number of nitrogens with zero attached hydrogens (tertiary/aromatic N) is 2. The molecule has 4 heterocycles. The maximum Gasteiger partial charge on any atom is 0.737 e. The molecule has 2 aromatic heterocycles. The fourth-order valence-electron chi connectivity index (χ4n) is 5.15. The van der Waals surface area contributed by atoms with Crippen molar-refractivity contribution in [1.82, 2.24) is 4.48 Å². The van der Waals surface area contributed by atoms with E-state index >= 15 is 8.63 Å². The molecule has 0 amide bonds. The number of benzene rings is 1. The molecule has 1 aliphatic carbocycles. The van der Waals surface area contributed by atoms with Crippen molar-refractivity contribution in [1.29, 1.82) is 0 Å². The van der Waals surface area contributed by atoms with Crippen LogP contribution in [0, 0.1) is 25.7 Å². The molecule has 0 bridgehead atoms. The Morgan fingerprint density at radius 1 is 1.06 bits per heavy atom. The first-order chi connectivity index (χ1) is 17.2. The fraction of sp³-hybridized carbons (Fsp3) is 0.103. The third-order valence-electron chi connectivity index (χ3n) is 6.81. The van der Waals surface area contributed by atoms with Crippen LogP contribution in [-0.4, -0.2) is 21.6 Å². The number of rotatable bonds is 2. The summed E-state index contributed by atoms with van der Waals surface area (Å²) in [6, 6.07) is 7.15. The zero-order valence-corrected chi connectivity index (χ0v) is 20.0. The molecule has 6 rings (SSSR count). The standard InChI is InChI=1S/C29H21BF2N2O2/c1-18-12-20(3)33-26(18)17-27-19(2)13-25(34(27)30(33,31)32)11-10-23-15-24-14-21-8-6-4-5-7-9-22(21)16-28(24)36-29(23)35/h4-6,8,10-17H,1-3H3/b5-4-,6-4?,8-6?,11-10+,21-8?. The number of allylic oxidation sites excluding steroid dienone is 6. The van der Waals surface area contributed by atoms with Gasteiger partial charge in [-0.3, -0.25) is 0 Å². The number of aryl methyl sites for hydroxylation is 2. The lowest BCUT2D eigenvalue weighted by atomic mass is 9.89. The maximum atomic E-state index is 15.8. The summed E-state index contributed by atoms with van der Waals surface area (Å²) in [5.41, 5.74) is 5.22. The smallest absolute Gasteiger partial charge is 0.422 e. The Morgan fingerprint density at radius 3 is 2.72 bits per heavy atom. The summed E-state index contributed by atoms with van der Waals surface area (Å²) in [4.78, 5) is 12.7. The third-order valence-corrected chi connectivity index (χ3v) is 6.81. The van der Waals surface area contributed by atoms with Crippen LogP contribution in [0.5, 0.6) is 0 Å². The number of hydrogen-bond donors (Lipinski definition) is 0. The molecular formula is C29H21BF2N2O2. The molecule has 0 spiro atoms. The molecule has 0 unspecified atom stereocenters. The van der Waals surface area contributed by atoms with E-state index in [-0.39, 0.29) is 5.56 Å². The topological polar surface area (TPSA) is 38.1 Å². The average molecular weight is 478 g/mol. The second kappa shape index (κ2) is 7.79. The van der Waals surface area contributed by atoms with Crippen molar-refractivity contribution in [2.24, 2.45) is 0 Å². The first kappa shape index (κ1) is 22.1. The Kier molecular flexibility index (Phi) is 4.77. The van der Waals surface area contributed by atoms with E-state index in [1.165, 1.54) is 6.08 Å². The van der Waals surface area contributed by atoms with Gasteiger partial charge in [0.15, 0.2) is 11.4 Å². The van der Waals surface area contributed by atoms with Crippen LogP contribution in [0.3, 0.4) is 0 Å². The molecule has 7 heteroatoms. The van der Waals surface area contributed by atoms with Crippen molar-refractivity contribution in [3.05, 3.63) is 110 Å². The van der Waals surface area contributed by atoms with E-state index in [9.17, 15) is 4.79 Å². The predicted molar refractivity (Wildman–Crippen MR) is 141 cm³/mol. The third kappa shape index (κ3) is 3.29. The molecule has 176 valence electrons. The number of halogens is 2. The molecular weight excluding hydrogens is 457 g/mol. The number of aromatic nitrogens is 1. The Balaban J connectivity index is 1.46. The quantitative estimate of drug-likeness (QED) is 0.263. The van der Waals surface area contributed by atoms with E-state index in [1.807, 2.05) is 38.1 Å². The van der Waals surface area contributed by atoms with Crippen molar-refractivity contribution < 1.29 is 17.5 Å². The second-order valence-corrected chi connectivity index (χ2v) is 9.25. The molecule has 4 nitrogen and oxygen atoms in total. The van der Waals surface area contributed by atoms with Crippen LogP contribution in [0.25, 0.3) is 29.2 Å². The summed E-state index contributed by atoms with van der Waals surface area (Å²) >= 11 is 0. The Bertz CT molecular complexity index is 1820. The lowest BCUT2D eigenvalue weighted by Gasteiger charge is -2.30. The first-order valence-corrected chi connectivity index (χ1v) is 11.7. The Hall–Kier alpha value is -4.44. The molecule has 3 aromatic rings. The van der Waals surface area contributed by atoms with Gasteiger partial charge in [0.1, 0.15) is 5.58 Å². The molecule has 2 aliphatic heterocycles. The summed E-state index contributed by atoms with van der Waals surface area (Å²) in [6.07, 6.45) is 14.1. The molecule has 1 aromatic carbocycles. The van der Waals surface area contributed by atoms with Gasteiger partial charge in [0.25, 0.3) is 0 Å². The summed E-state index contributed by atoms with van der Waals surface area (Å²) in [7, 11) is 0. The van der Waals surface area contributed by atoms with E-state index in [1.54, 1.807) is 49.4 Å². The zero-order valence-electron chi connectivity index (χ0n) is 20.0. The van der Waals surface area contributed by atoms with Gasteiger partial charge < -0.3 is 22.0 Å². The molecule has 0 fully saturated rings. The molecule has 0 radical (unpaired) electrons. The lowest BCUT2D eigenvalue weighted by Crippen LogP contribution is -2.50. The fourth-order valence-corrected chi connectivity index (χ4v) is 5.15. The number of fused-ring (bicyclic) bond motifs is 4. The minimum Gasteiger partial charge on any atom is -0.422 e. The van der Waals surface area contributed by atoms with E-state index in [0.717, 1.165) is 36.6 Å². The van der Waals surface area contributed by atoms with E-state index in [4.69, 9.17) is 4.42 Å². The zero-order chi connectivity index (χ0) is 25.2. The molecule has 0 saturated heterocycles. The van der Waals surface area contributed by atoms with Crippen LogP contribution < -0.4 is 5.63 Å². The largest absolute Gasteiger partial charge is 0.737 e. The molecule has 3 aliphatic rings.